The van der Waals surface area contributed by atoms with E-state index in [-0.39, 0.29) is 11.0 Å². The summed E-state index contributed by atoms with van der Waals surface area (Å²) in [5.41, 5.74) is 2.66. The lowest BCUT2D eigenvalue weighted by molar-refractivity contribution is -0.147. The molecule has 0 saturated heterocycles. The average Bonchev–Trinajstić information content (AvgIpc) is 3.08. The maximum Gasteiger partial charge on any atom is 0.449 e. The van der Waals surface area contributed by atoms with Crippen LogP contribution in [-0.4, -0.2) is 15.5 Å². The predicted molar refractivity (Wildman–Crippen MR) is 105 cm³/mol. The minimum atomic E-state index is -4.67. The van der Waals surface area contributed by atoms with E-state index in [1.54, 1.807) is 24.3 Å². The first kappa shape index (κ1) is 18.7. The molecule has 0 aliphatic rings. The average molecular weight is 395 g/mol. The van der Waals surface area contributed by atoms with Crippen LogP contribution >= 0.6 is 0 Å². The third-order valence-electron chi connectivity index (χ3n) is 4.50. The van der Waals surface area contributed by atoms with Gasteiger partial charge in [-0.25, -0.2) is 4.98 Å². The highest BCUT2D eigenvalue weighted by Crippen LogP contribution is 2.32. The van der Waals surface area contributed by atoms with Gasteiger partial charge in [0.25, 0.3) is 0 Å². The number of benzene rings is 3. The Bertz CT molecular complexity index is 1170. The lowest BCUT2D eigenvalue weighted by Gasteiger charge is -2.14. The molecule has 0 bridgehead atoms. The van der Waals surface area contributed by atoms with Gasteiger partial charge in [-0.15, -0.1) is 0 Å². The van der Waals surface area contributed by atoms with Crippen LogP contribution in [0.2, 0.25) is 0 Å². The largest absolute Gasteiger partial charge is 0.449 e. The number of aromatic nitrogens is 2. The van der Waals surface area contributed by atoms with Gasteiger partial charge in [0.15, 0.2) is 0 Å². The Balaban J connectivity index is 1.66. The van der Waals surface area contributed by atoms with E-state index in [1.807, 2.05) is 42.5 Å². The second kappa shape index (κ2) is 7.43. The number of hydrogen-bond acceptors (Lipinski definition) is 2. The van der Waals surface area contributed by atoms with Gasteiger partial charge in [-0.3, -0.25) is 4.79 Å². The summed E-state index contributed by atoms with van der Waals surface area (Å²) >= 11 is 0. The molecule has 1 amide bonds. The van der Waals surface area contributed by atoms with Crippen LogP contribution < -0.4 is 5.32 Å². The number of carbonyl (C=O) groups excluding carboxylic acids is 1. The van der Waals surface area contributed by atoms with Crippen molar-refractivity contribution in [2.75, 3.05) is 5.32 Å². The van der Waals surface area contributed by atoms with Crippen molar-refractivity contribution in [2.24, 2.45) is 0 Å². The van der Waals surface area contributed by atoms with E-state index < -0.39 is 24.5 Å². The predicted octanol–water partition coefficient (Wildman–Crippen LogP) is 5.36. The molecule has 0 fully saturated rings. The van der Waals surface area contributed by atoms with Crippen molar-refractivity contribution in [1.82, 2.24) is 9.55 Å². The molecule has 4 aromatic rings. The molecule has 4 nitrogen and oxygen atoms in total. The molecule has 0 radical (unpaired) electrons. The molecule has 0 spiro atoms. The molecule has 1 heterocycles. The quantitative estimate of drug-likeness (QED) is 0.506. The first-order chi connectivity index (χ1) is 13.9. The summed E-state index contributed by atoms with van der Waals surface area (Å²) in [6.45, 7) is -0.502. The summed E-state index contributed by atoms with van der Waals surface area (Å²) in [5.74, 6) is -1.66. The Morgan fingerprint density at radius 1 is 0.897 bits per heavy atom. The zero-order valence-corrected chi connectivity index (χ0v) is 15.1. The Hall–Kier alpha value is -3.61. The van der Waals surface area contributed by atoms with Gasteiger partial charge in [-0.05, 0) is 23.8 Å². The molecule has 0 atom stereocenters. The SMILES string of the molecule is O=C(Cn1c(C(F)(F)F)nc2ccccc21)Nc1ccccc1-c1ccccc1. The summed E-state index contributed by atoms with van der Waals surface area (Å²) < 4.78 is 41.2. The summed E-state index contributed by atoms with van der Waals surface area (Å²) in [5, 5.41) is 2.74. The molecule has 0 saturated carbocycles. The number of rotatable bonds is 4. The number of anilines is 1. The van der Waals surface area contributed by atoms with Crippen LogP contribution in [0.25, 0.3) is 22.2 Å². The minimum absolute atomic E-state index is 0.192. The summed E-state index contributed by atoms with van der Waals surface area (Å²) in [6, 6.07) is 22.8. The van der Waals surface area contributed by atoms with Gasteiger partial charge in [0.1, 0.15) is 6.54 Å². The Labute approximate surface area is 164 Å². The fourth-order valence-electron chi connectivity index (χ4n) is 3.25. The molecule has 1 N–H and O–H groups in total. The van der Waals surface area contributed by atoms with E-state index in [9.17, 15) is 18.0 Å². The van der Waals surface area contributed by atoms with E-state index in [2.05, 4.69) is 10.3 Å². The third-order valence-corrected chi connectivity index (χ3v) is 4.50. The molecule has 7 heteroatoms. The van der Waals surface area contributed by atoms with Gasteiger partial charge in [0.05, 0.1) is 11.0 Å². The van der Waals surface area contributed by atoms with Gasteiger partial charge in [0.2, 0.25) is 11.7 Å². The zero-order valence-electron chi connectivity index (χ0n) is 15.1. The van der Waals surface area contributed by atoms with Crippen LogP contribution in [0.15, 0.2) is 78.9 Å². The molecule has 0 aliphatic carbocycles. The smallest absolute Gasteiger partial charge is 0.324 e. The van der Waals surface area contributed by atoms with E-state index in [0.717, 1.165) is 15.7 Å². The number of alkyl halides is 3. The van der Waals surface area contributed by atoms with Crippen molar-refractivity contribution in [3.8, 4) is 11.1 Å². The summed E-state index contributed by atoms with van der Waals surface area (Å²) in [4.78, 5) is 16.3. The first-order valence-electron chi connectivity index (χ1n) is 8.90. The molecule has 1 aromatic heterocycles. The highest BCUT2D eigenvalue weighted by Gasteiger charge is 2.38. The number of fused-ring (bicyclic) bond motifs is 1. The highest BCUT2D eigenvalue weighted by molar-refractivity contribution is 5.96. The molecule has 146 valence electrons. The molecular formula is C22H16F3N3O. The molecule has 29 heavy (non-hydrogen) atoms. The van der Waals surface area contributed by atoms with Gasteiger partial charge in [-0.2, -0.15) is 13.2 Å². The summed E-state index contributed by atoms with van der Waals surface area (Å²) in [6.07, 6.45) is -4.67. The molecule has 0 aliphatic heterocycles. The van der Waals surface area contributed by atoms with Gasteiger partial charge in [0, 0.05) is 11.3 Å². The second-order valence-electron chi connectivity index (χ2n) is 6.47. The van der Waals surface area contributed by atoms with Crippen molar-refractivity contribution in [2.45, 2.75) is 12.7 Å². The van der Waals surface area contributed by atoms with Gasteiger partial charge in [-0.1, -0.05) is 60.7 Å². The maximum atomic E-state index is 13.4. The normalized spacial score (nSPS) is 11.6. The van der Waals surface area contributed by atoms with Crippen molar-refractivity contribution < 1.29 is 18.0 Å². The molecule has 0 unspecified atom stereocenters. The topological polar surface area (TPSA) is 46.9 Å². The monoisotopic (exact) mass is 395 g/mol. The van der Waals surface area contributed by atoms with E-state index in [4.69, 9.17) is 0 Å². The molecule has 3 aromatic carbocycles. The van der Waals surface area contributed by atoms with Gasteiger partial charge >= 0.3 is 6.18 Å². The van der Waals surface area contributed by atoms with Crippen LogP contribution in [0.3, 0.4) is 0 Å². The van der Waals surface area contributed by atoms with Gasteiger partial charge < -0.3 is 9.88 Å². The fraction of sp³-hybridized carbons (Fsp3) is 0.0909. The van der Waals surface area contributed by atoms with Crippen molar-refractivity contribution in [3.63, 3.8) is 0 Å². The highest BCUT2D eigenvalue weighted by atomic mass is 19.4. The standard InChI is InChI=1S/C22H16F3N3O/c23-22(24,25)21-27-18-12-6-7-13-19(18)28(21)14-20(29)26-17-11-5-4-10-16(17)15-8-2-1-3-9-15/h1-13H,14H2,(H,26,29). The molecular weight excluding hydrogens is 379 g/mol. The van der Waals surface area contributed by atoms with Crippen molar-refractivity contribution in [3.05, 3.63) is 84.7 Å². The Morgan fingerprint density at radius 3 is 2.31 bits per heavy atom. The van der Waals surface area contributed by atoms with Crippen LogP contribution in [0.4, 0.5) is 18.9 Å². The Kier molecular flexibility index (Phi) is 4.80. The van der Waals surface area contributed by atoms with Crippen LogP contribution in [0, 0.1) is 0 Å². The maximum absolute atomic E-state index is 13.4. The third kappa shape index (κ3) is 3.85. The number of nitrogens with zero attached hydrogens (tertiary/aromatic N) is 2. The Morgan fingerprint density at radius 2 is 1.55 bits per heavy atom. The van der Waals surface area contributed by atoms with Crippen LogP contribution in [-0.2, 0) is 17.5 Å². The lowest BCUT2D eigenvalue weighted by Crippen LogP contribution is -2.23. The number of amides is 1. The number of para-hydroxylation sites is 3. The number of nitrogens with one attached hydrogen (secondary N) is 1. The fourth-order valence-corrected chi connectivity index (χ4v) is 3.25. The molecule has 4 rings (SSSR count). The van der Waals surface area contributed by atoms with Crippen molar-refractivity contribution in [1.29, 1.82) is 0 Å². The van der Waals surface area contributed by atoms with E-state index in [1.165, 1.54) is 12.1 Å². The summed E-state index contributed by atoms with van der Waals surface area (Å²) in [7, 11) is 0. The van der Waals surface area contributed by atoms with E-state index >= 15 is 0 Å². The number of imidazole rings is 1. The lowest BCUT2D eigenvalue weighted by atomic mass is 10.0. The second-order valence-corrected chi connectivity index (χ2v) is 6.47. The number of hydrogen-bond donors (Lipinski definition) is 1. The number of carbonyl (C=O) groups is 1. The van der Waals surface area contributed by atoms with E-state index in [0.29, 0.717) is 5.69 Å². The zero-order chi connectivity index (χ0) is 20.4. The van der Waals surface area contributed by atoms with Crippen LogP contribution in [0.5, 0.6) is 0 Å². The number of halogens is 3. The van der Waals surface area contributed by atoms with Crippen molar-refractivity contribution >= 4 is 22.6 Å². The first-order valence-corrected chi connectivity index (χ1v) is 8.90. The minimum Gasteiger partial charge on any atom is -0.324 e. The van der Waals surface area contributed by atoms with Crippen LogP contribution in [0.1, 0.15) is 5.82 Å².